The zero-order chi connectivity index (χ0) is 26.5. The number of rotatable bonds is 9. The Morgan fingerprint density at radius 1 is 0.892 bits per heavy atom. The van der Waals surface area contributed by atoms with Gasteiger partial charge in [-0.2, -0.15) is 0 Å². The van der Waals surface area contributed by atoms with Crippen molar-refractivity contribution in [1.82, 2.24) is 4.90 Å². The van der Waals surface area contributed by atoms with Gasteiger partial charge < -0.3 is 14.2 Å². The molecule has 0 bridgehead atoms. The quantitative estimate of drug-likeness (QED) is 0.329. The third kappa shape index (κ3) is 5.92. The molecule has 1 aliphatic heterocycles. The molecular formula is C28H30ClNO6S. The number of likely N-dealkylation sites (tertiary alicyclic amines) is 1. The first-order valence-corrected chi connectivity index (χ1v) is 13.9. The van der Waals surface area contributed by atoms with Crippen molar-refractivity contribution in [2.45, 2.75) is 36.0 Å². The second-order valence-electron chi connectivity index (χ2n) is 8.87. The highest BCUT2D eigenvalue weighted by Crippen LogP contribution is 2.38. The minimum Gasteiger partial charge on any atom is -0.497 e. The van der Waals surface area contributed by atoms with Gasteiger partial charge in [0, 0.05) is 24.7 Å². The summed E-state index contributed by atoms with van der Waals surface area (Å²) in [4.78, 5) is 15.4. The van der Waals surface area contributed by atoms with Crippen molar-refractivity contribution in [3.05, 3.63) is 83.4 Å². The molecule has 0 saturated carbocycles. The first kappa shape index (κ1) is 27.0. The van der Waals surface area contributed by atoms with Crippen molar-refractivity contribution in [2.75, 3.05) is 26.8 Å². The largest absolute Gasteiger partial charge is 0.497 e. The van der Waals surface area contributed by atoms with E-state index in [1.54, 1.807) is 50.4 Å². The zero-order valence-electron chi connectivity index (χ0n) is 20.9. The van der Waals surface area contributed by atoms with E-state index < -0.39 is 20.6 Å². The minimum absolute atomic E-state index is 0.0626. The van der Waals surface area contributed by atoms with Crippen LogP contribution in [0.25, 0.3) is 0 Å². The maximum Gasteiger partial charge on any atom is 0.327 e. The third-order valence-electron chi connectivity index (χ3n) is 6.57. The highest BCUT2D eigenvalue weighted by atomic mass is 35.5. The second-order valence-corrected chi connectivity index (χ2v) is 11.6. The Balaban J connectivity index is 1.52. The summed E-state index contributed by atoms with van der Waals surface area (Å²) in [7, 11) is -2.42. The van der Waals surface area contributed by atoms with Crippen LogP contribution in [0.15, 0.2) is 77.7 Å². The summed E-state index contributed by atoms with van der Waals surface area (Å²) in [5.74, 6) is 1.13. The van der Waals surface area contributed by atoms with Gasteiger partial charge in [-0.15, -0.1) is 0 Å². The van der Waals surface area contributed by atoms with Gasteiger partial charge in [0.15, 0.2) is 14.6 Å². The SMILES string of the molecule is CCOC(=O)C1(S(=O)(=O)c2ccc(Oc3ccc(Cl)cc3)cc2)CCN(Cc2ccc(OC)cc2)CC1. The fourth-order valence-corrected chi connectivity index (χ4v) is 6.53. The molecule has 1 heterocycles. The number of carbonyl (C=O) groups excluding carboxylic acids is 1. The molecule has 37 heavy (non-hydrogen) atoms. The molecule has 0 amide bonds. The number of esters is 1. The summed E-state index contributed by atoms with van der Waals surface area (Å²) in [5, 5.41) is 0.591. The van der Waals surface area contributed by atoms with Gasteiger partial charge in [-0.3, -0.25) is 9.69 Å². The molecule has 7 nitrogen and oxygen atoms in total. The third-order valence-corrected chi connectivity index (χ3v) is 9.32. The Morgan fingerprint density at radius 2 is 1.43 bits per heavy atom. The molecule has 0 aliphatic carbocycles. The lowest BCUT2D eigenvalue weighted by atomic mass is 9.95. The van der Waals surface area contributed by atoms with Gasteiger partial charge in [0.1, 0.15) is 17.2 Å². The number of hydrogen-bond donors (Lipinski definition) is 0. The van der Waals surface area contributed by atoms with Gasteiger partial charge >= 0.3 is 5.97 Å². The van der Waals surface area contributed by atoms with E-state index in [1.165, 1.54) is 12.1 Å². The molecule has 196 valence electrons. The van der Waals surface area contributed by atoms with E-state index >= 15 is 0 Å². The molecule has 0 atom stereocenters. The lowest BCUT2D eigenvalue weighted by Crippen LogP contribution is -2.54. The highest BCUT2D eigenvalue weighted by Gasteiger charge is 2.54. The summed E-state index contributed by atoms with van der Waals surface area (Å²) >= 11 is 5.91. The van der Waals surface area contributed by atoms with E-state index in [0.29, 0.717) is 36.2 Å². The molecule has 1 aliphatic rings. The van der Waals surface area contributed by atoms with Crippen LogP contribution in [0.5, 0.6) is 17.2 Å². The van der Waals surface area contributed by atoms with Crippen LogP contribution in [0, 0.1) is 0 Å². The number of benzene rings is 3. The van der Waals surface area contributed by atoms with Gasteiger partial charge in [-0.25, -0.2) is 8.42 Å². The molecule has 4 rings (SSSR count). The van der Waals surface area contributed by atoms with E-state index in [-0.39, 0.29) is 24.3 Å². The van der Waals surface area contributed by atoms with E-state index in [4.69, 9.17) is 25.8 Å². The Bertz CT molecular complexity index is 1300. The Kier molecular flexibility index (Phi) is 8.42. The number of ether oxygens (including phenoxy) is 3. The van der Waals surface area contributed by atoms with Crippen molar-refractivity contribution in [3.8, 4) is 17.2 Å². The molecule has 1 fully saturated rings. The minimum atomic E-state index is -4.04. The zero-order valence-corrected chi connectivity index (χ0v) is 22.4. The number of carbonyl (C=O) groups is 1. The molecule has 0 N–H and O–H groups in total. The predicted molar refractivity (Wildman–Crippen MR) is 142 cm³/mol. The van der Waals surface area contributed by atoms with Crippen molar-refractivity contribution in [1.29, 1.82) is 0 Å². The molecule has 3 aromatic rings. The Morgan fingerprint density at radius 3 is 1.97 bits per heavy atom. The first-order valence-electron chi connectivity index (χ1n) is 12.1. The van der Waals surface area contributed by atoms with Gasteiger partial charge in [0.2, 0.25) is 0 Å². The molecule has 3 aromatic carbocycles. The van der Waals surface area contributed by atoms with Crippen LogP contribution in [-0.4, -0.2) is 50.8 Å². The number of nitrogens with zero attached hydrogens (tertiary/aromatic N) is 1. The molecule has 0 unspecified atom stereocenters. The van der Waals surface area contributed by atoms with Crippen molar-refractivity contribution in [3.63, 3.8) is 0 Å². The summed E-state index contributed by atoms with van der Waals surface area (Å²) in [6.45, 7) is 3.34. The average molecular weight is 544 g/mol. The molecule has 0 radical (unpaired) electrons. The van der Waals surface area contributed by atoms with Crippen molar-refractivity contribution in [2.24, 2.45) is 0 Å². The lowest BCUT2D eigenvalue weighted by Gasteiger charge is -2.39. The standard InChI is InChI=1S/C28H30ClNO6S/c1-3-35-27(31)28(16-18-30(19-17-28)20-21-4-8-23(34-2)9-5-21)37(32,33)26-14-12-25(13-15-26)36-24-10-6-22(29)7-11-24/h4-15H,3,16-20H2,1-2H3. The van der Waals surface area contributed by atoms with E-state index in [9.17, 15) is 13.2 Å². The van der Waals surface area contributed by atoms with Crippen molar-refractivity contribution < 1.29 is 27.4 Å². The number of hydrogen-bond acceptors (Lipinski definition) is 7. The van der Waals surface area contributed by atoms with Gasteiger partial charge in [-0.1, -0.05) is 23.7 Å². The van der Waals surface area contributed by atoms with Crippen LogP contribution in [-0.2, 0) is 25.9 Å². The van der Waals surface area contributed by atoms with Crippen LogP contribution in [0.2, 0.25) is 5.02 Å². The molecular weight excluding hydrogens is 514 g/mol. The fourth-order valence-electron chi connectivity index (χ4n) is 4.46. The highest BCUT2D eigenvalue weighted by molar-refractivity contribution is 7.93. The topological polar surface area (TPSA) is 82.1 Å². The normalized spacial score (nSPS) is 15.6. The van der Waals surface area contributed by atoms with Crippen LogP contribution in [0.3, 0.4) is 0 Å². The number of methoxy groups -OCH3 is 1. The van der Waals surface area contributed by atoms with Crippen LogP contribution >= 0.6 is 11.6 Å². The van der Waals surface area contributed by atoms with E-state index in [0.717, 1.165) is 11.3 Å². The smallest absolute Gasteiger partial charge is 0.327 e. The second kappa shape index (κ2) is 11.5. The Hall–Kier alpha value is -3.07. The van der Waals surface area contributed by atoms with Gasteiger partial charge in [0.05, 0.1) is 18.6 Å². The van der Waals surface area contributed by atoms with Gasteiger partial charge in [-0.05, 0) is 86.0 Å². The molecule has 1 saturated heterocycles. The Labute approximate surface area is 222 Å². The summed E-state index contributed by atoms with van der Waals surface area (Å²) in [5.41, 5.74) is 1.09. The van der Waals surface area contributed by atoms with Gasteiger partial charge in [0.25, 0.3) is 0 Å². The number of halogens is 1. The van der Waals surface area contributed by atoms with Crippen LogP contribution in [0.1, 0.15) is 25.3 Å². The summed E-state index contributed by atoms with van der Waals surface area (Å²) in [6.07, 6.45) is 0.292. The molecule has 0 aromatic heterocycles. The maximum absolute atomic E-state index is 13.9. The average Bonchev–Trinajstić information content (AvgIpc) is 2.91. The maximum atomic E-state index is 13.9. The fraction of sp³-hybridized carbons (Fsp3) is 0.321. The van der Waals surface area contributed by atoms with Crippen LogP contribution < -0.4 is 9.47 Å². The van der Waals surface area contributed by atoms with Crippen molar-refractivity contribution >= 4 is 27.4 Å². The molecule has 0 spiro atoms. The van der Waals surface area contributed by atoms with E-state index in [1.807, 2.05) is 24.3 Å². The number of sulfone groups is 1. The number of piperidine rings is 1. The first-order chi connectivity index (χ1) is 17.8. The monoisotopic (exact) mass is 543 g/mol. The molecule has 9 heteroatoms. The van der Waals surface area contributed by atoms with E-state index in [2.05, 4.69) is 4.90 Å². The summed E-state index contributed by atoms with van der Waals surface area (Å²) in [6, 6.07) is 20.7. The predicted octanol–water partition coefficient (Wildman–Crippen LogP) is 5.51. The summed E-state index contributed by atoms with van der Waals surface area (Å²) < 4.78 is 42.4. The lowest BCUT2D eigenvalue weighted by molar-refractivity contribution is -0.147. The van der Waals surface area contributed by atoms with Crippen LogP contribution in [0.4, 0.5) is 0 Å².